The number of ether oxygens (including phenoxy) is 1. The first-order chi connectivity index (χ1) is 22.1. The molecule has 3 rings (SSSR count). The number of unbranched alkanes of at least 4 members (excludes halogenated alkanes) is 6. The molecule has 0 bridgehead atoms. The summed E-state index contributed by atoms with van der Waals surface area (Å²) in [6.45, 7) is 1.67. The summed E-state index contributed by atoms with van der Waals surface area (Å²) >= 11 is 1.68. The molecule has 1 heterocycles. The van der Waals surface area contributed by atoms with Crippen LogP contribution in [0.1, 0.15) is 88.2 Å². The van der Waals surface area contributed by atoms with Gasteiger partial charge in [-0.3, -0.25) is 9.00 Å². The summed E-state index contributed by atoms with van der Waals surface area (Å²) in [5.74, 6) is -4.32. The molecule has 0 saturated carbocycles. The Balaban J connectivity index is 1.46. The van der Waals surface area contributed by atoms with E-state index in [4.69, 9.17) is 9.84 Å². The fourth-order valence-corrected chi connectivity index (χ4v) is 8.36. The number of alkyl halides is 5. The fourth-order valence-electron chi connectivity index (χ4n) is 5.75. The zero-order chi connectivity index (χ0) is 34.7. The van der Waals surface area contributed by atoms with Gasteiger partial charge < -0.3 is 20.3 Å². The second-order valence-electron chi connectivity index (χ2n) is 12.1. The molecule has 262 valence electrons. The number of hydrogen-bond donors (Lipinski definition) is 3. The van der Waals surface area contributed by atoms with Gasteiger partial charge in [-0.15, -0.1) is 11.8 Å². The molecule has 1 aliphatic heterocycles. The van der Waals surface area contributed by atoms with E-state index in [2.05, 4.69) is 12.2 Å². The number of rotatable bonds is 18. The molecule has 0 radical (unpaired) electrons. The first kappa shape index (κ1) is 38.6. The number of aliphatic carboxylic acids is 1. The smallest absolute Gasteiger partial charge is 0.453 e. The van der Waals surface area contributed by atoms with Crippen molar-refractivity contribution in [3.05, 3.63) is 53.6 Å². The lowest BCUT2D eigenvalue weighted by Crippen LogP contribution is -2.36. The molecule has 3 atom stereocenters. The molecule has 0 saturated heterocycles. The van der Waals surface area contributed by atoms with Crippen molar-refractivity contribution in [2.75, 3.05) is 23.8 Å². The van der Waals surface area contributed by atoms with E-state index >= 15 is 0 Å². The number of halogens is 5. The molecular weight excluding hydrogens is 665 g/mol. The molecule has 0 spiro atoms. The molecule has 7 nitrogen and oxygen atoms in total. The van der Waals surface area contributed by atoms with Gasteiger partial charge in [0.1, 0.15) is 18.0 Å². The molecule has 47 heavy (non-hydrogen) atoms. The summed E-state index contributed by atoms with van der Waals surface area (Å²) in [6.07, 6.45) is -0.936. The van der Waals surface area contributed by atoms with Crippen molar-refractivity contribution in [3.8, 4) is 11.5 Å². The van der Waals surface area contributed by atoms with Crippen LogP contribution in [0.4, 0.5) is 26.7 Å². The Kier molecular flexibility index (Phi) is 14.4. The molecule has 1 aliphatic rings. The number of benzene rings is 2. The average Bonchev–Trinajstić information content (AvgIpc) is 3.00. The van der Waals surface area contributed by atoms with Crippen LogP contribution < -0.4 is 10.1 Å². The number of thioether (sulfide) groups is 1. The van der Waals surface area contributed by atoms with Crippen molar-refractivity contribution in [2.45, 2.75) is 99.5 Å². The molecule has 3 N–H and O–H groups in total. The van der Waals surface area contributed by atoms with Crippen LogP contribution in [0.3, 0.4) is 0 Å². The molecule has 2 aromatic rings. The van der Waals surface area contributed by atoms with Crippen molar-refractivity contribution in [3.63, 3.8) is 0 Å². The highest BCUT2D eigenvalue weighted by Gasteiger charge is 2.56. The van der Waals surface area contributed by atoms with E-state index in [0.29, 0.717) is 17.9 Å². The van der Waals surface area contributed by atoms with Gasteiger partial charge in [-0.1, -0.05) is 63.6 Å². The number of carbonyl (C=O) groups is 2. The van der Waals surface area contributed by atoms with E-state index in [9.17, 15) is 40.9 Å². The highest BCUT2D eigenvalue weighted by molar-refractivity contribution is 7.99. The molecule has 0 aromatic heterocycles. The fraction of sp³-hybridized carbons (Fsp3) is 0.576. The molecule has 2 aromatic carbocycles. The van der Waals surface area contributed by atoms with Crippen molar-refractivity contribution in [1.29, 1.82) is 0 Å². The lowest BCUT2D eigenvalue weighted by Gasteiger charge is -2.43. The van der Waals surface area contributed by atoms with Gasteiger partial charge in [0, 0.05) is 44.8 Å². The minimum Gasteiger partial charge on any atom is -0.508 e. The van der Waals surface area contributed by atoms with E-state index in [-0.39, 0.29) is 22.8 Å². The van der Waals surface area contributed by atoms with E-state index in [0.717, 1.165) is 61.2 Å². The largest absolute Gasteiger partial charge is 0.508 e. The van der Waals surface area contributed by atoms with Crippen molar-refractivity contribution in [2.24, 2.45) is 0 Å². The Bertz CT molecular complexity index is 1360. The Morgan fingerprint density at radius 3 is 2.21 bits per heavy atom. The van der Waals surface area contributed by atoms with Crippen LogP contribution in [0, 0.1) is 0 Å². The van der Waals surface area contributed by atoms with Crippen molar-refractivity contribution >= 4 is 34.6 Å². The minimum absolute atomic E-state index is 0.156. The van der Waals surface area contributed by atoms with Crippen LogP contribution >= 0.6 is 11.8 Å². The summed E-state index contributed by atoms with van der Waals surface area (Å²) in [7, 11) is -1.41. The number of carboxylic acids is 1. The number of phenols is 1. The highest BCUT2D eigenvalue weighted by Crippen LogP contribution is 2.52. The van der Waals surface area contributed by atoms with E-state index < -0.39 is 54.3 Å². The highest BCUT2D eigenvalue weighted by atomic mass is 32.2. The van der Waals surface area contributed by atoms with Gasteiger partial charge in [0.25, 0.3) is 0 Å². The third kappa shape index (κ3) is 11.7. The maximum absolute atomic E-state index is 13.0. The number of fused-ring (bicyclic) bond motifs is 1. The number of aromatic hydroxyl groups is 1. The van der Waals surface area contributed by atoms with Gasteiger partial charge in [0.05, 0.1) is 0 Å². The second kappa shape index (κ2) is 17.5. The summed E-state index contributed by atoms with van der Waals surface area (Å²) < 4.78 is 79.9. The predicted octanol–water partition coefficient (Wildman–Crippen LogP) is 8.56. The summed E-state index contributed by atoms with van der Waals surface area (Å²) in [5, 5.41) is 21.0. The van der Waals surface area contributed by atoms with Crippen LogP contribution in [0.5, 0.6) is 11.5 Å². The molecule has 0 aliphatic carbocycles. The van der Waals surface area contributed by atoms with E-state index in [1.807, 2.05) is 18.2 Å². The van der Waals surface area contributed by atoms with Crippen molar-refractivity contribution < 1.29 is 50.7 Å². The Hall–Kier alpha value is -2.87. The molecule has 1 amide bonds. The van der Waals surface area contributed by atoms with Gasteiger partial charge in [0.15, 0.2) is 0 Å². The molecular formula is C33H42F5NO6S2. The van der Waals surface area contributed by atoms with E-state index in [1.54, 1.807) is 36.0 Å². The SMILES string of the molecule is CC1(c2ccc(OC(=O)NCC(=O)O)cc2)CSc2cc(O)ccc2C1CCCCCCCCCS(=O)CCCC(F)(F)C(F)(F)F. The number of phenolic OH excluding ortho intramolecular Hbond substituents is 1. The number of nitrogens with one attached hydrogen (secondary N) is 1. The van der Waals surface area contributed by atoms with Crippen LogP contribution in [0.25, 0.3) is 0 Å². The van der Waals surface area contributed by atoms with Crippen LogP contribution in [0.2, 0.25) is 0 Å². The number of hydrogen-bond acceptors (Lipinski definition) is 6. The second-order valence-corrected chi connectivity index (χ2v) is 14.8. The normalized spacial score (nSPS) is 18.7. The van der Waals surface area contributed by atoms with Crippen LogP contribution in [-0.2, 0) is 21.0 Å². The number of carbonyl (C=O) groups excluding carboxylic acids is 1. The monoisotopic (exact) mass is 707 g/mol. The number of carboxylic acid groups (broad SMARTS) is 1. The van der Waals surface area contributed by atoms with Gasteiger partial charge in [-0.05, 0) is 60.6 Å². The zero-order valence-electron chi connectivity index (χ0n) is 26.3. The first-order valence-corrected chi connectivity index (χ1v) is 18.1. The zero-order valence-corrected chi connectivity index (χ0v) is 27.9. The van der Waals surface area contributed by atoms with Gasteiger partial charge in [-0.2, -0.15) is 22.0 Å². The quantitative estimate of drug-likeness (QED) is 0.105. The molecule has 3 unspecified atom stereocenters. The lowest BCUT2D eigenvalue weighted by atomic mass is 9.68. The molecule has 0 fully saturated rings. The maximum Gasteiger partial charge on any atom is 0.453 e. The maximum atomic E-state index is 13.0. The summed E-state index contributed by atoms with van der Waals surface area (Å²) in [6, 6.07) is 12.7. The van der Waals surface area contributed by atoms with Gasteiger partial charge in [0.2, 0.25) is 0 Å². The lowest BCUT2D eigenvalue weighted by molar-refractivity contribution is -0.284. The third-order valence-corrected chi connectivity index (χ3v) is 11.3. The average molecular weight is 708 g/mol. The molecule has 14 heteroatoms. The van der Waals surface area contributed by atoms with Crippen LogP contribution in [-0.4, -0.2) is 62.4 Å². The van der Waals surface area contributed by atoms with Gasteiger partial charge >= 0.3 is 24.2 Å². The first-order valence-electron chi connectivity index (χ1n) is 15.7. The summed E-state index contributed by atoms with van der Waals surface area (Å²) in [5.41, 5.74) is 1.99. The Morgan fingerprint density at radius 1 is 0.957 bits per heavy atom. The Labute approximate surface area is 278 Å². The van der Waals surface area contributed by atoms with Gasteiger partial charge in [-0.25, -0.2) is 4.79 Å². The number of amides is 1. The van der Waals surface area contributed by atoms with Crippen molar-refractivity contribution in [1.82, 2.24) is 5.32 Å². The minimum atomic E-state index is -5.57. The van der Waals surface area contributed by atoms with E-state index in [1.165, 1.54) is 5.56 Å². The topological polar surface area (TPSA) is 113 Å². The predicted molar refractivity (Wildman–Crippen MR) is 172 cm³/mol. The van der Waals surface area contributed by atoms with Crippen LogP contribution in [0.15, 0.2) is 47.4 Å². The summed E-state index contributed by atoms with van der Waals surface area (Å²) in [4.78, 5) is 23.6. The Morgan fingerprint density at radius 2 is 1.57 bits per heavy atom. The standard InChI is InChI=1S/C33H42F5NO6S2/c1-31(23-11-14-25(15-12-23)45-30(43)39-21-29(41)42)22-46-28-20-24(40)13-16-26(28)27(31)10-7-5-3-2-4-6-8-18-47(44)19-9-17-32(34,35)33(36,37)38/h11-16,20,27,40H,2-10,17-19,21-22H2,1H3,(H,39,43)(H,41,42). The third-order valence-electron chi connectivity index (χ3n) is 8.42.